The highest BCUT2D eigenvalue weighted by atomic mass is 127. The Bertz CT molecular complexity index is 596. The smallest absolute Gasteiger partial charge is 0.335 e. The number of benzene rings is 2. The summed E-state index contributed by atoms with van der Waals surface area (Å²) >= 11 is 2.24. The lowest BCUT2D eigenvalue weighted by Crippen LogP contribution is -2.02. The molecule has 0 saturated heterocycles. The first-order chi connectivity index (χ1) is 9.06. The van der Waals surface area contributed by atoms with Crippen LogP contribution in [0.5, 0.6) is 5.75 Å². The number of anilines is 1. The van der Waals surface area contributed by atoms with Crippen molar-refractivity contribution in [2.24, 2.45) is 0 Å². The normalized spacial score (nSPS) is 10.2. The monoisotopic (exact) mass is 369 g/mol. The minimum absolute atomic E-state index is 0.152. The van der Waals surface area contributed by atoms with E-state index in [1.54, 1.807) is 6.07 Å². The van der Waals surface area contributed by atoms with Crippen LogP contribution in [0.15, 0.2) is 42.5 Å². The summed E-state index contributed by atoms with van der Waals surface area (Å²) in [6, 6.07) is 12.4. The Hall–Kier alpha value is -1.76. The van der Waals surface area contributed by atoms with Gasteiger partial charge in [0.25, 0.3) is 0 Å². The predicted molar refractivity (Wildman–Crippen MR) is 81.3 cm³/mol. The zero-order valence-electron chi connectivity index (χ0n) is 9.97. The third-order valence-electron chi connectivity index (χ3n) is 2.56. The minimum atomic E-state index is -1.00. The maximum atomic E-state index is 10.8. The van der Waals surface area contributed by atoms with E-state index in [0.29, 0.717) is 18.0 Å². The number of halogens is 1. The molecule has 19 heavy (non-hydrogen) atoms. The summed E-state index contributed by atoms with van der Waals surface area (Å²) in [5.74, 6) is -0.514. The van der Waals surface area contributed by atoms with Gasteiger partial charge in [-0.15, -0.1) is 0 Å². The van der Waals surface area contributed by atoms with Crippen LogP contribution in [0.1, 0.15) is 15.9 Å². The molecule has 0 aliphatic heterocycles. The third-order valence-corrected chi connectivity index (χ3v) is 3.28. The van der Waals surface area contributed by atoms with E-state index < -0.39 is 5.97 Å². The molecule has 2 aromatic rings. The van der Waals surface area contributed by atoms with Gasteiger partial charge in [-0.3, -0.25) is 0 Å². The molecule has 2 rings (SSSR count). The van der Waals surface area contributed by atoms with E-state index in [-0.39, 0.29) is 5.56 Å². The highest BCUT2D eigenvalue weighted by molar-refractivity contribution is 14.1. The lowest BCUT2D eigenvalue weighted by molar-refractivity contribution is 0.0697. The van der Waals surface area contributed by atoms with Crippen LogP contribution < -0.4 is 10.5 Å². The molecule has 0 spiro atoms. The second-order valence-corrected chi connectivity index (χ2v) is 5.22. The Balaban J connectivity index is 2.07. The maximum absolute atomic E-state index is 10.8. The molecule has 5 heteroatoms. The van der Waals surface area contributed by atoms with Gasteiger partial charge in [-0.25, -0.2) is 4.79 Å². The second-order valence-electron chi connectivity index (χ2n) is 3.97. The molecular formula is C14H12INO3. The minimum Gasteiger partial charge on any atom is -0.487 e. The number of carboxylic acids is 1. The number of aromatic carboxylic acids is 1. The van der Waals surface area contributed by atoms with E-state index in [9.17, 15) is 4.79 Å². The lowest BCUT2D eigenvalue weighted by atomic mass is 10.2. The van der Waals surface area contributed by atoms with Crippen LogP contribution in [0, 0.1) is 3.57 Å². The first-order valence-electron chi connectivity index (χ1n) is 5.56. The molecule has 98 valence electrons. The van der Waals surface area contributed by atoms with Gasteiger partial charge in [-0.1, -0.05) is 12.1 Å². The number of hydrogen-bond acceptors (Lipinski definition) is 3. The van der Waals surface area contributed by atoms with Gasteiger partial charge in [0.15, 0.2) is 0 Å². The van der Waals surface area contributed by atoms with Crippen LogP contribution in [0.3, 0.4) is 0 Å². The van der Waals surface area contributed by atoms with E-state index in [4.69, 9.17) is 15.6 Å². The molecule has 0 radical (unpaired) electrons. The van der Waals surface area contributed by atoms with Crippen molar-refractivity contribution in [1.29, 1.82) is 0 Å². The number of hydrogen-bond donors (Lipinski definition) is 2. The Morgan fingerprint density at radius 1 is 1.21 bits per heavy atom. The Labute approximate surface area is 124 Å². The summed E-state index contributed by atoms with van der Waals surface area (Å²) in [5.41, 5.74) is 7.26. The summed E-state index contributed by atoms with van der Waals surface area (Å²) in [6.07, 6.45) is 0. The number of rotatable bonds is 4. The van der Waals surface area contributed by atoms with Gasteiger partial charge in [0, 0.05) is 3.57 Å². The molecule has 2 aromatic carbocycles. The maximum Gasteiger partial charge on any atom is 0.335 e. The summed E-state index contributed by atoms with van der Waals surface area (Å²) in [4.78, 5) is 10.8. The fourth-order valence-corrected chi connectivity index (χ4v) is 1.91. The van der Waals surface area contributed by atoms with Crippen LogP contribution >= 0.6 is 22.6 Å². The van der Waals surface area contributed by atoms with Gasteiger partial charge in [-0.2, -0.15) is 0 Å². The summed E-state index contributed by atoms with van der Waals surface area (Å²) in [7, 11) is 0. The highest BCUT2D eigenvalue weighted by Gasteiger charge is 2.07. The molecule has 0 amide bonds. The van der Waals surface area contributed by atoms with Crippen molar-refractivity contribution in [2.75, 3.05) is 5.73 Å². The number of carboxylic acid groups (broad SMARTS) is 1. The van der Waals surface area contributed by atoms with Gasteiger partial charge in [0.1, 0.15) is 12.4 Å². The number of nitrogen functional groups attached to an aromatic ring is 1. The first-order valence-corrected chi connectivity index (χ1v) is 6.64. The van der Waals surface area contributed by atoms with E-state index in [1.807, 2.05) is 24.3 Å². The van der Waals surface area contributed by atoms with E-state index in [0.717, 1.165) is 9.13 Å². The van der Waals surface area contributed by atoms with Gasteiger partial charge >= 0.3 is 5.97 Å². The molecule has 0 unspecified atom stereocenters. The van der Waals surface area contributed by atoms with Crippen molar-refractivity contribution in [2.45, 2.75) is 6.61 Å². The molecule has 0 fully saturated rings. The average molecular weight is 369 g/mol. The van der Waals surface area contributed by atoms with Gasteiger partial charge in [-0.05, 0) is 58.5 Å². The number of carbonyl (C=O) groups is 1. The third kappa shape index (κ3) is 3.60. The topological polar surface area (TPSA) is 72.6 Å². The second kappa shape index (κ2) is 5.92. The Morgan fingerprint density at radius 2 is 1.89 bits per heavy atom. The van der Waals surface area contributed by atoms with Crippen molar-refractivity contribution in [3.05, 3.63) is 57.2 Å². The number of ether oxygens (including phenoxy) is 1. The van der Waals surface area contributed by atoms with Crippen LogP contribution in [-0.2, 0) is 6.61 Å². The van der Waals surface area contributed by atoms with Crippen molar-refractivity contribution >= 4 is 34.2 Å². The first kappa shape index (κ1) is 13.7. The van der Waals surface area contributed by atoms with Crippen LogP contribution in [0.2, 0.25) is 0 Å². The SMILES string of the molecule is Nc1cc(C(=O)O)ccc1OCc1ccc(I)cc1. The van der Waals surface area contributed by atoms with Crippen molar-refractivity contribution in [3.8, 4) is 5.75 Å². The highest BCUT2D eigenvalue weighted by Crippen LogP contribution is 2.23. The van der Waals surface area contributed by atoms with Crippen LogP contribution in [0.4, 0.5) is 5.69 Å². The lowest BCUT2D eigenvalue weighted by Gasteiger charge is -2.09. The fraction of sp³-hybridized carbons (Fsp3) is 0.0714. The molecule has 0 aromatic heterocycles. The summed E-state index contributed by atoms with van der Waals surface area (Å²) < 4.78 is 6.74. The van der Waals surface area contributed by atoms with Crippen LogP contribution in [0.25, 0.3) is 0 Å². The summed E-state index contributed by atoms with van der Waals surface area (Å²) in [5, 5.41) is 8.84. The molecule has 0 bridgehead atoms. The Kier molecular flexibility index (Phi) is 4.26. The quantitative estimate of drug-likeness (QED) is 0.642. The van der Waals surface area contributed by atoms with Crippen molar-refractivity contribution in [1.82, 2.24) is 0 Å². The predicted octanol–water partition coefficient (Wildman–Crippen LogP) is 3.15. The number of nitrogens with two attached hydrogens (primary N) is 1. The molecule has 0 aliphatic carbocycles. The van der Waals surface area contributed by atoms with E-state index >= 15 is 0 Å². The van der Waals surface area contributed by atoms with Crippen molar-refractivity contribution in [3.63, 3.8) is 0 Å². The average Bonchev–Trinajstić information content (AvgIpc) is 2.39. The molecular weight excluding hydrogens is 357 g/mol. The molecule has 0 aliphatic rings. The molecule has 0 heterocycles. The Morgan fingerprint density at radius 3 is 2.47 bits per heavy atom. The standard InChI is InChI=1S/C14H12INO3/c15-11-4-1-9(2-5-11)8-19-13-6-3-10(14(17)18)7-12(13)16/h1-7H,8,16H2,(H,17,18). The molecule has 0 saturated carbocycles. The largest absolute Gasteiger partial charge is 0.487 e. The van der Waals surface area contributed by atoms with Gasteiger partial charge < -0.3 is 15.6 Å². The van der Waals surface area contributed by atoms with Crippen molar-refractivity contribution < 1.29 is 14.6 Å². The van der Waals surface area contributed by atoms with Gasteiger partial charge in [0.2, 0.25) is 0 Å². The van der Waals surface area contributed by atoms with E-state index in [1.165, 1.54) is 12.1 Å². The molecule has 3 N–H and O–H groups in total. The zero-order chi connectivity index (χ0) is 13.8. The fourth-order valence-electron chi connectivity index (χ4n) is 1.55. The summed E-state index contributed by atoms with van der Waals surface area (Å²) in [6.45, 7) is 0.396. The molecule has 0 atom stereocenters. The van der Waals surface area contributed by atoms with E-state index in [2.05, 4.69) is 22.6 Å². The zero-order valence-corrected chi connectivity index (χ0v) is 12.1. The van der Waals surface area contributed by atoms with Crippen LogP contribution in [-0.4, -0.2) is 11.1 Å². The van der Waals surface area contributed by atoms with Gasteiger partial charge in [0.05, 0.1) is 11.3 Å². The molecule has 4 nitrogen and oxygen atoms in total.